The van der Waals surface area contributed by atoms with Crippen LogP contribution in [0.15, 0.2) is 29.3 Å². The Morgan fingerprint density at radius 2 is 1.12 bits per heavy atom. The Bertz CT molecular complexity index is 1560. The minimum absolute atomic E-state index is 0.00357. The zero-order valence-corrected chi connectivity index (χ0v) is 33.1. The molecule has 0 heterocycles. The zero-order chi connectivity index (χ0) is 43.2. The second-order valence-electron chi connectivity index (χ2n) is 14.3. The molecule has 0 aliphatic heterocycles. The number of carbonyl (C=O) groups is 8. The second kappa shape index (κ2) is 25.2. The van der Waals surface area contributed by atoms with E-state index < -0.39 is 97.2 Å². The van der Waals surface area contributed by atoms with Crippen molar-refractivity contribution in [3.8, 4) is 5.75 Å². The largest absolute Gasteiger partial charge is 0.508 e. The molecule has 0 unspecified atom stereocenters. The van der Waals surface area contributed by atoms with Gasteiger partial charge in [-0.3, -0.25) is 38.6 Å². The topological polar surface area (TPSA) is 352 Å². The van der Waals surface area contributed by atoms with E-state index in [1.165, 1.54) is 31.2 Å². The highest BCUT2D eigenvalue weighted by atomic mass is 16.4. The molecule has 0 saturated heterocycles. The summed E-state index contributed by atoms with van der Waals surface area (Å²) in [5.74, 6) is -6.78. The summed E-state index contributed by atoms with van der Waals surface area (Å²) in [6, 6.07) is 0.0365. The third kappa shape index (κ3) is 21.0. The molecule has 21 heteroatoms. The number of aromatic hydroxyl groups is 1. The summed E-state index contributed by atoms with van der Waals surface area (Å²) in [6.07, 6.45) is 0.383. The summed E-state index contributed by atoms with van der Waals surface area (Å²) < 4.78 is 0. The Morgan fingerprint density at radius 3 is 1.67 bits per heavy atom. The van der Waals surface area contributed by atoms with Crippen molar-refractivity contribution >= 4 is 53.3 Å². The first-order valence-electron chi connectivity index (χ1n) is 18.5. The summed E-state index contributed by atoms with van der Waals surface area (Å²) in [4.78, 5) is 106. The number of nitrogens with one attached hydrogen (secondary N) is 7. The van der Waals surface area contributed by atoms with Crippen LogP contribution in [0.3, 0.4) is 0 Å². The Morgan fingerprint density at radius 1 is 0.632 bits per heavy atom. The van der Waals surface area contributed by atoms with Crippen LogP contribution in [0.2, 0.25) is 0 Å². The zero-order valence-electron chi connectivity index (χ0n) is 33.1. The van der Waals surface area contributed by atoms with E-state index in [2.05, 4.69) is 42.2 Å². The van der Waals surface area contributed by atoms with E-state index in [9.17, 15) is 48.6 Å². The van der Waals surface area contributed by atoms with Crippen LogP contribution >= 0.6 is 0 Å². The molecule has 0 spiro atoms. The monoisotopic (exact) mass is 805 g/mol. The third-order valence-corrected chi connectivity index (χ3v) is 7.99. The predicted octanol–water partition coefficient (Wildman–Crippen LogP) is -3.20. The standard InChI is InChI=1S/C36H59N11O10/c1-19(2)13-25(33(54)46-24(7-6-12-40-36(38)39)32(53)43-18-30(51)45-27(35(56)57)14-20(3)4)47-34(55)26(15-22-8-10-23(48)11-9-22)44-29(50)17-41-28(49)16-42-31(52)21(5)37/h8-11,19-21,24-27,48H,6-7,12-18,37H2,1-5H3,(H,41,49)(H,42,52)(H,43,53)(H,44,50)(H,45,51)(H,46,54)(H,47,55)(H,56,57)(H4,38,39,40)/t21-,24-,25-,26-,27-/m0/s1. The van der Waals surface area contributed by atoms with Gasteiger partial charge < -0.3 is 64.6 Å². The first-order chi connectivity index (χ1) is 26.7. The molecule has 0 fully saturated rings. The molecule has 15 N–H and O–H groups in total. The number of nitrogens with zero attached hydrogens (tertiary/aromatic N) is 1. The minimum Gasteiger partial charge on any atom is -0.508 e. The number of carboxylic acid groups (broad SMARTS) is 1. The van der Waals surface area contributed by atoms with Crippen molar-refractivity contribution < 1.29 is 48.6 Å². The maximum Gasteiger partial charge on any atom is 0.326 e. The van der Waals surface area contributed by atoms with Crippen LogP contribution in [0.4, 0.5) is 0 Å². The second-order valence-corrected chi connectivity index (χ2v) is 14.3. The Hall–Kier alpha value is -5.99. The average molecular weight is 806 g/mol. The van der Waals surface area contributed by atoms with E-state index >= 15 is 0 Å². The van der Waals surface area contributed by atoms with Gasteiger partial charge in [0.2, 0.25) is 41.4 Å². The van der Waals surface area contributed by atoms with Gasteiger partial charge in [-0.1, -0.05) is 39.8 Å². The maximum absolute atomic E-state index is 13.8. The van der Waals surface area contributed by atoms with Gasteiger partial charge in [-0.25, -0.2) is 4.79 Å². The van der Waals surface area contributed by atoms with Crippen molar-refractivity contribution in [1.82, 2.24) is 37.2 Å². The summed E-state index contributed by atoms with van der Waals surface area (Å²) in [5.41, 5.74) is 16.8. The summed E-state index contributed by atoms with van der Waals surface area (Å²) in [6.45, 7) is 7.11. The number of aliphatic imine (C=N–C) groups is 1. The predicted molar refractivity (Wildman–Crippen MR) is 209 cm³/mol. The van der Waals surface area contributed by atoms with Crippen LogP contribution in [0.25, 0.3) is 0 Å². The number of amides is 7. The van der Waals surface area contributed by atoms with E-state index in [4.69, 9.17) is 17.2 Å². The van der Waals surface area contributed by atoms with Gasteiger partial charge in [0.25, 0.3) is 0 Å². The Balaban J connectivity index is 3.20. The minimum atomic E-state index is -1.29. The van der Waals surface area contributed by atoms with Crippen molar-refractivity contribution in [3.05, 3.63) is 29.8 Å². The molecular formula is C36H59N11O10. The van der Waals surface area contributed by atoms with Gasteiger partial charge >= 0.3 is 5.97 Å². The van der Waals surface area contributed by atoms with E-state index in [0.717, 1.165) is 0 Å². The molecule has 0 radical (unpaired) electrons. The first kappa shape index (κ1) is 49.0. The molecule has 1 rings (SSSR count). The number of aliphatic carboxylic acids is 1. The van der Waals surface area contributed by atoms with Crippen LogP contribution in [-0.2, 0) is 44.8 Å². The van der Waals surface area contributed by atoms with Crippen LogP contribution in [0.1, 0.15) is 65.9 Å². The highest BCUT2D eigenvalue weighted by Gasteiger charge is 2.31. The van der Waals surface area contributed by atoms with Gasteiger partial charge in [-0.2, -0.15) is 0 Å². The molecule has 21 nitrogen and oxygen atoms in total. The van der Waals surface area contributed by atoms with Crippen LogP contribution in [-0.4, -0.2) is 120 Å². The number of benzene rings is 1. The van der Waals surface area contributed by atoms with Gasteiger partial charge in [0.1, 0.15) is 29.9 Å². The van der Waals surface area contributed by atoms with Crippen LogP contribution in [0.5, 0.6) is 5.75 Å². The lowest BCUT2D eigenvalue weighted by Gasteiger charge is -2.26. The number of rotatable bonds is 25. The Labute approximate surface area is 331 Å². The maximum atomic E-state index is 13.8. The molecular weight excluding hydrogens is 746 g/mol. The number of nitrogens with two attached hydrogens (primary N) is 3. The summed E-state index contributed by atoms with van der Waals surface area (Å²) in [7, 11) is 0. The smallest absolute Gasteiger partial charge is 0.326 e. The van der Waals surface area contributed by atoms with E-state index in [1.807, 2.05) is 0 Å². The molecule has 0 bridgehead atoms. The van der Waals surface area contributed by atoms with E-state index in [0.29, 0.717) is 5.56 Å². The lowest BCUT2D eigenvalue weighted by molar-refractivity contribution is -0.142. The highest BCUT2D eigenvalue weighted by Crippen LogP contribution is 2.13. The number of phenolic OH excluding ortho intramolecular Hbond substituents is 1. The lowest BCUT2D eigenvalue weighted by Crippen LogP contribution is -2.58. The van der Waals surface area contributed by atoms with Crippen LogP contribution in [0, 0.1) is 11.8 Å². The van der Waals surface area contributed by atoms with Gasteiger partial charge in [-0.05, 0) is 62.1 Å². The van der Waals surface area contributed by atoms with Gasteiger partial charge in [0.05, 0.1) is 25.7 Å². The van der Waals surface area contributed by atoms with Crippen molar-refractivity contribution in [1.29, 1.82) is 0 Å². The number of guanidine groups is 1. The Kier molecular flexibility index (Phi) is 21.7. The third-order valence-electron chi connectivity index (χ3n) is 7.99. The number of carboxylic acids is 1. The van der Waals surface area contributed by atoms with Crippen molar-refractivity contribution in [2.75, 3.05) is 26.2 Å². The lowest BCUT2D eigenvalue weighted by atomic mass is 10.00. The number of carbonyl (C=O) groups excluding carboxylic acids is 7. The van der Waals surface area contributed by atoms with Gasteiger partial charge in [0.15, 0.2) is 5.96 Å². The molecule has 318 valence electrons. The fourth-order valence-corrected chi connectivity index (χ4v) is 5.14. The van der Waals surface area contributed by atoms with Crippen molar-refractivity contribution in [3.63, 3.8) is 0 Å². The SMILES string of the molecule is CC(C)C[C@H](NC(=O)CNC(=O)[C@H](CCCN=C(N)N)NC(=O)[C@H](CC(C)C)NC(=O)[C@H](Cc1ccc(O)cc1)NC(=O)CNC(=O)CNC(=O)[C@H](C)N)C(=O)O. The number of phenols is 1. The summed E-state index contributed by atoms with van der Waals surface area (Å²) >= 11 is 0. The highest BCUT2D eigenvalue weighted by molar-refractivity contribution is 5.96. The normalized spacial score (nSPS) is 13.5. The van der Waals surface area contributed by atoms with Crippen LogP contribution < -0.4 is 54.4 Å². The van der Waals surface area contributed by atoms with Crippen molar-refractivity contribution in [2.45, 2.75) is 96.9 Å². The van der Waals surface area contributed by atoms with Gasteiger partial charge in [0, 0.05) is 13.0 Å². The van der Waals surface area contributed by atoms with E-state index in [-0.39, 0.29) is 62.2 Å². The average Bonchev–Trinajstić information content (AvgIpc) is 3.12. The summed E-state index contributed by atoms with van der Waals surface area (Å²) in [5, 5.41) is 36.4. The number of hydrogen-bond donors (Lipinski definition) is 12. The molecule has 7 amide bonds. The van der Waals surface area contributed by atoms with Crippen molar-refractivity contribution in [2.24, 2.45) is 34.0 Å². The fourth-order valence-electron chi connectivity index (χ4n) is 5.14. The molecule has 5 atom stereocenters. The molecule has 0 aliphatic carbocycles. The first-order valence-corrected chi connectivity index (χ1v) is 18.5. The molecule has 1 aromatic carbocycles. The van der Waals surface area contributed by atoms with E-state index in [1.54, 1.807) is 27.7 Å². The quantitative estimate of drug-likeness (QED) is 0.0264. The molecule has 0 aromatic heterocycles. The number of hydrogen-bond acceptors (Lipinski definition) is 11. The molecule has 1 aromatic rings. The molecule has 0 aliphatic rings. The fraction of sp³-hybridized carbons (Fsp3) is 0.583. The molecule has 57 heavy (non-hydrogen) atoms. The molecule has 0 saturated carbocycles. The van der Waals surface area contributed by atoms with Gasteiger partial charge in [-0.15, -0.1) is 0 Å².